The molecule has 0 aliphatic carbocycles. The summed E-state index contributed by atoms with van der Waals surface area (Å²) in [4.78, 5) is 22.8. The van der Waals surface area contributed by atoms with Crippen LogP contribution in [0.1, 0.15) is 23.4 Å². The first-order chi connectivity index (χ1) is 13.4. The molecule has 0 atom stereocenters. The first kappa shape index (κ1) is 19.8. The van der Waals surface area contributed by atoms with Crippen LogP contribution in [0.3, 0.4) is 0 Å². The number of rotatable bonds is 6. The number of hydrogen-bond donors (Lipinski definition) is 0. The number of benzene rings is 1. The lowest BCUT2D eigenvalue weighted by atomic mass is 10.2. The van der Waals surface area contributed by atoms with E-state index in [1.54, 1.807) is 16.6 Å². The summed E-state index contributed by atoms with van der Waals surface area (Å²) in [7, 11) is 0. The van der Waals surface area contributed by atoms with Crippen molar-refractivity contribution >= 4 is 29.1 Å². The summed E-state index contributed by atoms with van der Waals surface area (Å²) < 4.78 is 15.8. The van der Waals surface area contributed by atoms with Crippen LogP contribution in [0, 0.1) is 37.9 Å². The maximum atomic E-state index is 14.1. The second-order valence-corrected chi connectivity index (χ2v) is 7.15. The molecule has 1 aromatic carbocycles. The zero-order chi connectivity index (χ0) is 20.3. The van der Waals surface area contributed by atoms with Crippen molar-refractivity contribution in [2.45, 2.75) is 32.3 Å². The number of nitriles is 1. The second kappa shape index (κ2) is 8.35. The maximum absolute atomic E-state index is 14.1. The van der Waals surface area contributed by atoms with Crippen molar-refractivity contribution in [3.63, 3.8) is 0 Å². The van der Waals surface area contributed by atoms with Crippen molar-refractivity contribution in [2.75, 3.05) is 17.2 Å². The summed E-state index contributed by atoms with van der Waals surface area (Å²) in [5, 5.41) is 13.7. The van der Waals surface area contributed by atoms with Gasteiger partial charge in [0.15, 0.2) is 0 Å². The fourth-order valence-corrected chi connectivity index (χ4v) is 3.41. The molecule has 28 heavy (non-hydrogen) atoms. The molecule has 2 aromatic heterocycles. The van der Waals surface area contributed by atoms with E-state index in [1.807, 2.05) is 26.8 Å². The van der Waals surface area contributed by atoms with Crippen LogP contribution < -0.4 is 4.90 Å². The molecule has 0 saturated carbocycles. The minimum absolute atomic E-state index is 0.0215. The Labute approximate surface area is 166 Å². The number of thioether (sulfide) groups is 1. The molecular weight excluding hydrogens is 379 g/mol. The van der Waals surface area contributed by atoms with E-state index in [0.29, 0.717) is 10.9 Å². The SMILES string of the molecule is Cc1nc2nc(SCC(=O)N(CCC#N)c3ccccc3F)nn2c(C)c1C. The number of carbonyl (C=O) groups is 1. The van der Waals surface area contributed by atoms with Gasteiger partial charge in [-0.1, -0.05) is 23.9 Å². The Hall–Kier alpha value is -2.99. The highest BCUT2D eigenvalue weighted by molar-refractivity contribution is 7.99. The van der Waals surface area contributed by atoms with Crippen LogP contribution in [0.5, 0.6) is 0 Å². The molecule has 0 bridgehead atoms. The van der Waals surface area contributed by atoms with Crippen molar-refractivity contribution in [2.24, 2.45) is 0 Å². The normalized spacial score (nSPS) is 10.8. The maximum Gasteiger partial charge on any atom is 0.253 e. The first-order valence-corrected chi connectivity index (χ1v) is 9.66. The molecule has 0 spiro atoms. The molecule has 144 valence electrons. The molecule has 0 fully saturated rings. The molecule has 1 amide bonds. The molecule has 7 nitrogen and oxygen atoms in total. The molecule has 0 aliphatic heterocycles. The van der Waals surface area contributed by atoms with Crippen LogP contribution in [0.15, 0.2) is 29.4 Å². The Morgan fingerprint density at radius 2 is 2.04 bits per heavy atom. The Kier molecular flexibility index (Phi) is 5.90. The molecule has 0 unspecified atom stereocenters. The van der Waals surface area contributed by atoms with Crippen LogP contribution in [-0.2, 0) is 4.79 Å². The van der Waals surface area contributed by atoms with E-state index >= 15 is 0 Å². The highest BCUT2D eigenvalue weighted by atomic mass is 32.2. The van der Waals surface area contributed by atoms with Gasteiger partial charge in [-0.25, -0.2) is 13.9 Å². The van der Waals surface area contributed by atoms with Gasteiger partial charge < -0.3 is 4.90 Å². The smallest absolute Gasteiger partial charge is 0.253 e. The van der Waals surface area contributed by atoms with E-state index < -0.39 is 5.82 Å². The van der Waals surface area contributed by atoms with Gasteiger partial charge in [-0.05, 0) is 38.5 Å². The number of amides is 1. The molecule has 0 aliphatic rings. The van der Waals surface area contributed by atoms with Gasteiger partial charge in [0, 0.05) is 17.9 Å². The van der Waals surface area contributed by atoms with E-state index in [-0.39, 0.29) is 30.3 Å². The Balaban J connectivity index is 1.79. The fourth-order valence-electron chi connectivity index (χ4n) is 2.71. The molecule has 9 heteroatoms. The molecule has 2 heterocycles. The lowest BCUT2D eigenvalue weighted by molar-refractivity contribution is -0.116. The van der Waals surface area contributed by atoms with Crippen molar-refractivity contribution < 1.29 is 9.18 Å². The predicted octanol–water partition coefficient (Wildman–Crippen LogP) is 3.23. The number of anilines is 1. The minimum Gasteiger partial charge on any atom is -0.308 e. The van der Waals surface area contributed by atoms with Crippen LogP contribution in [-0.4, -0.2) is 37.8 Å². The monoisotopic (exact) mass is 398 g/mol. The third-order valence-electron chi connectivity index (χ3n) is 4.46. The zero-order valence-corrected chi connectivity index (χ0v) is 16.6. The van der Waals surface area contributed by atoms with Gasteiger partial charge in [-0.3, -0.25) is 4.79 Å². The highest BCUT2D eigenvalue weighted by Crippen LogP contribution is 2.22. The van der Waals surface area contributed by atoms with Crippen LogP contribution >= 0.6 is 11.8 Å². The first-order valence-electron chi connectivity index (χ1n) is 8.67. The Morgan fingerprint density at radius 3 is 2.75 bits per heavy atom. The number of nitrogens with zero attached hydrogens (tertiary/aromatic N) is 6. The Morgan fingerprint density at radius 1 is 1.29 bits per heavy atom. The number of aromatic nitrogens is 4. The van der Waals surface area contributed by atoms with E-state index in [0.717, 1.165) is 28.7 Å². The average Bonchev–Trinajstić information content (AvgIpc) is 3.09. The average molecular weight is 398 g/mol. The summed E-state index contributed by atoms with van der Waals surface area (Å²) >= 11 is 1.16. The summed E-state index contributed by atoms with van der Waals surface area (Å²) in [6.07, 6.45) is 0.110. The summed E-state index contributed by atoms with van der Waals surface area (Å²) in [5.41, 5.74) is 3.02. The predicted molar refractivity (Wildman–Crippen MR) is 105 cm³/mol. The molecule has 3 rings (SSSR count). The fraction of sp³-hybridized carbons (Fsp3) is 0.316. The van der Waals surface area contributed by atoms with Crippen molar-refractivity contribution in [1.29, 1.82) is 5.26 Å². The van der Waals surface area contributed by atoms with Gasteiger partial charge in [-0.15, -0.1) is 5.10 Å². The summed E-state index contributed by atoms with van der Waals surface area (Å²) in [5.74, 6) is -0.323. The van der Waals surface area contributed by atoms with Gasteiger partial charge in [0.1, 0.15) is 5.82 Å². The third kappa shape index (κ3) is 3.97. The van der Waals surface area contributed by atoms with Crippen molar-refractivity contribution in [1.82, 2.24) is 19.6 Å². The largest absolute Gasteiger partial charge is 0.308 e. The number of carbonyl (C=O) groups excluding carboxylic acids is 1. The molecule has 0 N–H and O–H groups in total. The molecule has 0 radical (unpaired) electrons. The number of aryl methyl sites for hydroxylation is 2. The highest BCUT2D eigenvalue weighted by Gasteiger charge is 2.20. The van der Waals surface area contributed by atoms with Gasteiger partial charge in [0.25, 0.3) is 5.78 Å². The topological polar surface area (TPSA) is 87.2 Å². The van der Waals surface area contributed by atoms with Gasteiger partial charge in [-0.2, -0.15) is 10.2 Å². The van der Waals surface area contributed by atoms with Crippen LogP contribution in [0.2, 0.25) is 0 Å². The Bertz CT molecular complexity index is 1070. The zero-order valence-electron chi connectivity index (χ0n) is 15.8. The molecular formula is C19H19FN6OS. The summed E-state index contributed by atoms with van der Waals surface area (Å²) in [6.45, 7) is 5.94. The van der Waals surface area contributed by atoms with E-state index in [1.165, 1.54) is 17.0 Å². The number of para-hydroxylation sites is 1. The number of hydrogen-bond acceptors (Lipinski definition) is 6. The number of fused-ring (bicyclic) bond motifs is 1. The minimum atomic E-state index is -0.504. The lowest BCUT2D eigenvalue weighted by Crippen LogP contribution is -2.34. The standard InChI is InChI=1S/C19H19FN6OS/c1-12-13(2)22-18-23-19(24-26(18)14(12)3)28-11-17(27)25(10-6-9-21)16-8-5-4-7-15(16)20/h4-5,7-8H,6,10-11H2,1-3H3. The lowest BCUT2D eigenvalue weighted by Gasteiger charge is -2.21. The van der Waals surface area contributed by atoms with Gasteiger partial charge >= 0.3 is 0 Å². The second-order valence-electron chi connectivity index (χ2n) is 6.21. The van der Waals surface area contributed by atoms with Gasteiger partial charge in [0.2, 0.25) is 11.1 Å². The van der Waals surface area contributed by atoms with E-state index in [9.17, 15) is 9.18 Å². The molecule has 3 aromatic rings. The third-order valence-corrected chi connectivity index (χ3v) is 5.28. The summed E-state index contributed by atoms with van der Waals surface area (Å²) in [6, 6.07) is 8.02. The van der Waals surface area contributed by atoms with Gasteiger partial charge in [0.05, 0.1) is 23.9 Å². The van der Waals surface area contributed by atoms with E-state index in [4.69, 9.17) is 5.26 Å². The van der Waals surface area contributed by atoms with Crippen LogP contribution in [0.25, 0.3) is 5.78 Å². The molecule has 0 saturated heterocycles. The van der Waals surface area contributed by atoms with Crippen molar-refractivity contribution in [3.05, 3.63) is 47.0 Å². The van der Waals surface area contributed by atoms with E-state index in [2.05, 4.69) is 15.1 Å². The quantitative estimate of drug-likeness (QED) is 0.593. The van der Waals surface area contributed by atoms with Crippen molar-refractivity contribution in [3.8, 4) is 6.07 Å². The van der Waals surface area contributed by atoms with Crippen LogP contribution in [0.4, 0.5) is 10.1 Å². The number of halogens is 1.